The third kappa shape index (κ3) is 1.37. The molecule has 0 aliphatic heterocycles. The number of aryl methyl sites for hydroxylation is 1. The van der Waals surface area contributed by atoms with Gasteiger partial charge in [0.1, 0.15) is 5.52 Å². The van der Waals surface area contributed by atoms with E-state index in [1.54, 1.807) is 7.11 Å². The van der Waals surface area contributed by atoms with Crippen molar-refractivity contribution in [3.63, 3.8) is 0 Å². The highest BCUT2D eigenvalue weighted by molar-refractivity contribution is 5.73. The molecule has 0 aliphatic carbocycles. The van der Waals surface area contributed by atoms with Crippen LogP contribution in [0.3, 0.4) is 0 Å². The van der Waals surface area contributed by atoms with Crippen LogP contribution in [0.4, 0.5) is 0 Å². The van der Waals surface area contributed by atoms with Gasteiger partial charge in [-0.3, -0.25) is 0 Å². The Morgan fingerprint density at radius 1 is 1.46 bits per heavy atom. The number of hydrogen-bond donors (Lipinski definition) is 0. The fraction of sp³-hybridized carbons (Fsp3) is 0.300. The number of nitrogens with zero attached hydrogens (tertiary/aromatic N) is 1. The van der Waals surface area contributed by atoms with Crippen molar-refractivity contribution in [1.82, 2.24) is 4.98 Å². The van der Waals surface area contributed by atoms with Gasteiger partial charge in [-0.15, -0.1) is 0 Å². The number of methoxy groups -OCH3 is 1. The fourth-order valence-corrected chi connectivity index (χ4v) is 1.26. The lowest BCUT2D eigenvalue weighted by Crippen LogP contribution is -1.80. The van der Waals surface area contributed by atoms with Crippen LogP contribution in [0.2, 0.25) is 0 Å². The first kappa shape index (κ1) is 8.10. The smallest absolute Gasteiger partial charge is 0.394 e. The maximum atomic E-state index is 5.28. The Bertz CT molecular complexity index is 418. The molecule has 0 saturated heterocycles. The minimum atomic E-state index is 0.322. The van der Waals surface area contributed by atoms with E-state index in [9.17, 15) is 0 Å². The van der Waals surface area contributed by atoms with Gasteiger partial charge in [-0.1, -0.05) is 13.0 Å². The minimum absolute atomic E-state index is 0.322. The maximum absolute atomic E-state index is 5.28. The number of rotatable bonds is 2. The Balaban J connectivity index is 2.57. The van der Waals surface area contributed by atoms with E-state index in [1.807, 2.05) is 18.2 Å². The topological polar surface area (TPSA) is 35.3 Å². The number of benzene rings is 1. The molecular formula is C10H11NO2. The summed E-state index contributed by atoms with van der Waals surface area (Å²) in [6, 6.07) is 5.97. The average Bonchev–Trinajstić information content (AvgIpc) is 2.58. The van der Waals surface area contributed by atoms with Crippen molar-refractivity contribution in [1.29, 1.82) is 0 Å². The highest BCUT2D eigenvalue weighted by Gasteiger charge is 2.04. The van der Waals surface area contributed by atoms with Crippen molar-refractivity contribution in [2.75, 3.05) is 7.11 Å². The molecule has 1 aromatic carbocycles. The lowest BCUT2D eigenvalue weighted by atomic mass is 10.1. The summed E-state index contributed by atoms with van der Waals surface area (Å²) >= 11 is 0. The van der Waals surface area contributed by atoms with Gasteiger partial charge in [0.05, 0.1) is 7.11 Å². The van der Waals surface area contributed by atoms with Crippen molar-refractivity contribution in [3.8, 4) is 6.08 Å². The first-order valence-electron chi connectivity index (χ1n) is 4.27. The lowest BCUT2D eigenvalue weighted by molar-refractivity contribution is 0.299. The number of aromatic nitrogens is 1. The molecule has 68 valence electrons. The molecule has 3 heteroatoms. The number of ether oxygens (including phenoxy) is 1. The molecule has 0 radical (unpaired) electrons. The Morgan fingerprint density at radius 2 is 2.31 bits per heavy atom. The summed E-state index contributed by atoms with van der Waals surface area (Å²) in [5.41, 5.74) is 2.88. The van der Waals surface area contributed by atoms with Crippen LogP contribution in [-0.2, 0) is 6.42 Å². The Labute approximate surface area is 76.3 Å². The van der Waals surface area contributed by atoms with Crippen molar-refractivity contribution in [2.24, 2.45) is 0 Å². The van der Waals surface area contributed by atoms with E-state index in [1.165, 1.54) is 5.56 Å². The largest absolute Gasteiger partial charge is 0.453 e. The summed E-state index contributed by atoms with van der Waals surface area (Å²) in [5, 5.41) is 0. The van der Waals surface area contributed by atoms with Crippen molar-refractivity contribution in [3.05, 3.63) is 23.8 Å². The maximum Gasteiger partial charge on any atom is 0.394 e. The Morgan fingerprint density at radius 3 is 3.00 bits per heavy atom. The molecule has 0 N–H and O–H groups in total. The van der Waals surface area contributed by atoms with Crippen LogP contribution >= 0.6 is 0 Å². The van der Waals surface area contributed by atoms with Gasteiger partial charge in [0, 0.05) is 0 Å². The van der Waals surface area contributed by atoms with Gasteiger partial charge >= 0.3 is 6.08 Å². The molecule has 0 unspecified atom stereocenters. The van der Waals surface area contributed by atoms with Gasteiger partial charge in [-0.2, -0.15) is 4.98 Å². The zero-order valence-corrected chi connectivity index (χ0v) is 7.70. The van der Waals surface area contributed by atoms with E-state index >= 15 is 0 Å². The molecule has 3 nitrogen and oxygen atoms in total. The van der Waals surface area contributed by atoms with E-state index in [0.29, 0.717) is 6.08 Å². The molecule has 2 aromatic rings. The summed E-state index contributed by atoms with van der Waals surface area (Å²) in [4.78, 5) is 4.15. The molecule has 0 saturated carbocycles. The number of oxazole rings is 1. The molecule has 0 atom stereocenters. The Hall–Kier alpha value is -1.51. The first-order valence-corrected chi connectivity index (χ1v) is 4.27. The molecule has 0 spiro atoms. The molecule has 0 aliphatic rings. The predicted octanol–water partition coefficient (Wildman–Crippen LogP) is 2.40. The van der Waals surface area contributed by atoms with Gasteiger partial charge < -0.3 is 9.15 Å². The average molecular weight is 177 g/mol. The van der Waals surface area contributed by atoms with Crippen molar-refractivity contribution >= 4 is 11.1 Å². The number of fused-ring (bicyclic) bond motifs is 1. The molecule has 1 aromatic heterocycles. The van der Waals surface area contributed by atoms with Crippen LogP contribution < -0.4 is 4.74 Å². The summed E-state index contributed by atoms with van der Waals surface area (Å²) in [6.45, 7) is 2.11. The highest BCUT2D eigenvalue weighted by Crippen LogP contribution is 2.21. The first-order chi connectivity index (χ1) is 6.33. The molecule has 2 rings (SSSR count). The van der Waals surface area contributed by atoms with E-state index in [0.717, 1.165) is 17.5 Å². The van der Waals surface area contributed by atoms with Gasteiger partial charge in [0.2, 0.25) is 0 Å². The van der Waals surface area contributed by atoms with Gasteiger partial charge in [0.15, 0.2) is 5.58 Å². The Kier molecular flexibility index (Phi) is 1.93. The van der Waals surface area contributed by atoms with Crippen LogP contribution in [0.5, 0.6) is 6.08 Å². The van der Waals surface area contributed by atoms with E-state index in [-0.39, 0.29) is 0 Å². The quantitative estimate of drug-likeness (QED) is 0.706. The molecule has 13 heavy (non-hydrogen) atoms. The second kappa shape index (κ2) is 3.09. The van der Waals surface area contributed by atoms with Crippen LogP contribution in [0, 0.1) is 0 Å². The fourth-order valence-electron chi connectivity index (χ4n) is 1.26. The third-order valence-corrected chi connectivity index (χ3v) is 2.02. The summed E-state index contributed by atoms with van der Waals surface area (Å²) in [6.07, 6.45) is 1.33. The third-order valence-electron chi connectivity index (χ3n) is 2.02. The summed E-state index contributed by atoms with van der Waals surface area (Å²) < 4.78 is 10.2. The molecule has 0 fully saturated rings. The summed E-state index contributed by atoms with van der Waals surface area (Å²) in [7, 11) is 1.55. The van der Waals surface area contributed by atoms with Crippen LogP contribution in [0.15, 0.2) is 22.6 Å². The van der Waals surface area contributed by atoms with Gasteiger partial charge in [-0.25, -0.2) is 0 Å². The molecule has 1 heterocycles. The normalized spacial score (nSPS) is 10.6. The van der Waals surface area contributed by atoms with E-state index < -0.39 is 0 Å². The molecule has 0 amide bonds. The van der Waals surface area contributed by atoms with E-state index in [4.69, 9.17) is 9.15 Å². The van der Waals surface area contributed by atoms with Crippen molar-refractivity contribution in [2.45, 2.75) is 13.3 Å². The lowest BCUT2D eigenvalue weighted by Gasteiger charge is -1.92. The zero-order chi connectivity index (χ0) is 9.26. The van der Waals surface area contributed by atoms with Crippen molar-refractivity contribution < 1.29 is 9.15 Å². The van der Waals surface area contributed by atoms with Crippen LogP contribution in [-0.4, -0.2) is 12.1 Å². The van der Waals surface area contributed by atoms with Gasteiger partial charge in [-0.05, 0) is 24.1 Å². The van der Waals surface area contributed by atoms with Gasteiger partial charge in [0.25, 0.3) is 0 Å². The molecular weight excluding hydrogens is 166 g/mol. The van der Waals surface area contributed by atoms with Crippen LogP contribution in [0.25, 0.3) is 11.1 Å². The minimum Gasteiger partial charge on any atom is -0.453 e. The summed E-state index contributed by atoms with van der Waals surface area (Å²) in [5.74, 6) is 0. The van der Waals surface area contributed by atoms with E-state index in [2.05, 4.69) is 11.9 Å². The molecule has 0 bridgehead atoms. The second-order valence-corrected chi connectivity index (χ2v) is 2.84. The zero-order valence-electron chi connectivity index (χ0n) is 7.70. The second-order valence-electron chi connectivity index (χ2n) is 2.84. The monoisotopic (exact) mass is 177 g/mol. The SMILES string of the molecule is CCc1ccc2oc(OC)nc2c1. The number of hydrogen-bond acceptors (Lipinski definition) is 3. The van der Waals surface area contributed by atoms with Crippen LogP contribution in [0.1, 0.15) is 12.5 Å². The highest BCUT2D eigenvalue weighted by atomic mass is 16.6. The standard InChI is InChI=1S/C10H11NO2/c1-3-7-4-5-9-8(6-7)11-10(12-2)13-9/h4-6H,3H2,1-2H3. The predicted molar refractivity (Wildman–Crippen MR) is 49.9 cm³/mol.